The lowest BCUT2D eigenvalue weighted by atomic mass is 10.1. The predicted molar refractivity (Wildman–Crippen MR) is 83.7 cm³/mol. The molecule has 0 aliphatic carbocycles. The summed E-state index contributed by atoms with van der Waals surface area (Å²) in [6, 6.07) is 2.69. The SMILES string of the molecule is O=C(Nc1cc(N2CCCCC2)ncn1)c1cc(=O)[nH]c(=O)[nH]1. The number of rotatable bonds is 3. The van der Waals surface area contributed by atoms with Gasteiger partial charge in [-0.25, -0.2) is 14.8 Å². The van der Waals surface area contributed by atoms with Gasteiger partial charge in [-0.3, -0.25) is 14.6 Å². The van der Waals surface area contributed by atoms with Crippen molar-refractivity contribution in [2.75, 3.05) is 23.3 Å². The maximum absolute atomic E-state index is 12.1. The van der Waals surface area contributed by atoms with Crippen molar-refractivity contribution in [2.24, 2.45) is 0 Å². The van der Waals surface area contributed by atoms with Crippen molar-refractivity contribution in [2.45, 2.75) is 19.3 Å². The summed E-state index contributed by atoms with van der Waals surface area (Å²) in [5.74, 6) is 0.442. The second-order valence-electron chi connectivity index (χ2n) is 5.26. The van der Waals surface area contributed by atoms with E-state index < -0.39 is 17.2 Å². The fourth-order valence-corrected chi connectivity index (χ4v) is 2.49. The van der Waals surface area contributed by atoms with Crippen LogP contribution in [0.2, 0.25) is 0 Å². The van der Waals surface area contributed by atoms with E-state index in [4.69, 9.17) is 0 Å². The number of nitrogens with zero attached hydrogens (tertiary/aromatic N) is 3. The van der Waals surface area contributed by atoms with Crippen molar-refractivity contribution in [3.05, 3.63) is 45.0 Å². The van der Waals surface area contributed by atoms with Crippen molar-refractivity contribution in [1.29, 1.82) is 0 Å². The highest BCUT2D eigenvalue weighted by atomic mass is 16.2. The van der Waals surface area contributed by atoms with Gasteiger partial charge < -0.3 is 15.2 Å². The molecule has 1 saturated heterocycles. The van der Waals surface area contributed by atoms with Crippen molar-refractivity contribution in [3.63, 3.8) is 0 Å². The number of H-pyrrole nitrogens is 2. The minimum Gasteiger partial charge on any atom is -0.356 e. The van der Waals surface area contributed by atoms with Crippen LogP contribution in [0.4, 0.5) is 11.6 Å². The van der Waals surface area contributed by atoms with E-state index in [-0.39, 0.29) is 5.69 Å². The molecule has 0 bridgehead atoms. The molecular weight excluding hydrogens is 300 g/mol. The summed E-state index contributed by atoms with van der Waals surface area (Å²) >= 11 is 0. The van der Waals surface area contributed by atoms with Crippen LogP contribution < -0.4 is 21.5 Å². The summed E-state index contributed by atoms with van der Waals surface area (Å²) < 4.78 is 0. The predicted octanol–water partition coefficient (Wildman–Crippen LogP) is 0.0958. The molecule has 9 heteroatoms. The van der Waals surface area contributed by atoms with E-state index in [9.17, 15) is 14.4 Å². The van der Waals surface area contributed by atoms with Crippen LogP contribution >= 0.6 is 0 Å². The molecule has 0 atom stereocenters. The Bertz CT molecular complexity index is 793. The number of anilines is 2. The quantitative estimate of drug-likeness (QED) is 0.737. The summed E-state index contributed by atoms with van der Waals surface area (Å²) in [4.78, 5) is 49.2. The molecule has 3 heterocycles. The molecule has 23 heavy (non-hydrogen) atoms. The minimum atomic E-state index is -0.737. The Morgan fingerprint density at radius 3 is 2.61 bits per heavy atom. The Hall–Kier alpha value is -2.97. The summed E-state index contributed by atoms with van der Waals surface area (Å²) in [6.07, 6.45) is 4.81. The van der Waals surface area contributed by atoms with Crippen molar-refractivity contribution < 1.29 is 4.79 Å². The Morgan fingerprint density at radius 2 is 1.87 bits per heavy atom. The standard InChI is InChI=1S/C14H16N6O3/c21-12-6-9(17-14(23)19-12)13(22)18-10-7-11(16-8-15-10)20-4-2-1-3-5-20/h6-8H,1-5H2,(H,15,16,18,22)(H2,17,19,21,23). The molecule has 0 saturated carbocycles. The lowest BCUT2D eigenvalue weighted by molar-refractivity contribution is 0.102. The molecule has 120 valence electrons. The number of aromatic amines is 2. The van der Waals surface area contributed by atoms with Gasteiger partial charge in [-0.15, -0.1) is 0 Å². The fraction of sp³-hybridized carbons (Fsp3) is 0.357. The van der Waals surface area contributed by atoms with E-state index in [0.29, 0.717) is 5.82 Å². The van der Waals surface area contributed by atoms with E-state index in [1.54, 1.807) is 6.07 Å². The molecular formula is C14H16N6O3. The van der Waals surface area contributed by atoms with E-state index in [0.717, 1.165) is 37.8 Å². The minimum absolute atomic E-state index is 0.128. The first-order chi connectivity index (χ1) is 11.1. The topological polar surface area (TPSA) is 124 Å². The van der Waals surface area contributed by atoms with Gasteiger partial charge in [-0.05, 0) is 19.3 Å². The van der Waals surface area contributed by atoms with E-state index in [1.165, 1.54) is 12.7 Å². The lowest BCUT2D eigenvalue weighted by Gasteiger charge is -2.27. The van der Waals surface area contributed by atoms with E-state index in [1.807, 2.05) is 4.98 Å². The molecule has 1 fully saturated rings. The van der Waals surface area contributed by atoms with Crippen LogP contribution in [0, 0.1) is 0 Å². The van der Waals surface area contributed by atoms with Crippen molar-refractivity contribution >= 4 is 17.5 Å². The third-order valence-corrected chi connectivity index (χ3v) is 3.58. The highest BCUT2D eigenvalue weighted by Gasteiger charge is 2.14. The molecule has 3 rings (SSSR count). The zero-order chi connectivity index (χ0) is 16.2. The molecule has 0 unspecified atom stereocenters. The Balaban J connectivity index is 1.78. The van der Waals surface area contributed by atoms with Crippen molar-refractivity contribution in [1.82, 2.24) is 19.9 Å². The zero-order valence-electron chi connectivity index (χ0n) is 12.3. The number of amides is 1. The van der Waals surface area contributed by atoms with Crippen LogP contribution in [-0.4, -0.2) is 38.9 Å². The summed E-state index contributed by atoms with van der Waals surface area (Å²) in [6.45, 7) is 1.84. The Kier molecular flexibility index (Phi) is 4.18. The molecule has 1 amide bonds. The Labute approximate surface area is 130 Å². The number of piperidine rings is 1. The normalized spacial score (nSPS) is 14.5. The number of hydrogen-bond acceptors (Lipinski definition) is 6. The molecule has 0 aromatic carbocycles. The molecule has 9 nitrogen and oxygen atoms in total. The third kappa shape index (κ3) is 3.62. The number of aromatic nitrogens is 4. The van der Waals surface area contributed by atoms with E-state index >= 15 is 0 Å². The van der Waals surface area contributed by atoms with Gasteiger partial charge in [-0.2, -0.15) is 0 Å². The largest absolute Gasteiger partial charge is 0.356 e. The zero-order valence-corrected chi connectivity index (χ0v) is 12.3. The van der Waals surface area contributed by atoms with Crippen molar-refractivity contribution in [3.8, 4) is 0 Å². The van der Waals surface area contributed by atoms with Gasteiger partial charge in [0.25, 0.3) is 11.5 Å². The number of hydrogen-bond donors (Lipinski definition) is 3. The highest BCUT2D eigenvalue weighted by molar-refractivity contribution is 6.02. The summed E-state index contributed by atoms with van der Waals surface area (Å²) in [7, 11) is 0. The average Bonchev–Trinajstić information content (AvgIpc) is 2.55. The molecule has 3 N–H and O–H groups in total. The molecule has 1 aliphatic rings. The number of nitrogens with one attached hydrogen (secondary N) is 3. The summed E-state index contributed by atoms with van der Waals surface area (Å²) in [5.41, 5.74) is -1.51. The van der Waals surface area contributed by atoms with Gasteiger partial charge in [0.1, 0.15) is 23.7 Å². The summed E-state index contributed by atoms with van der Waals surface area (Å²) in [5, 5.41) is 2.55. The van der Waals surface area contributed by atoms with Crippen LogP contribution in [-0.2, 0) is 0 Å². The fourth-order valence-electron chi connectivity index (χ4n) is 2.49. The first-order valence-electron chi connectivity index (χ1n) is 7.34. The molecule has 0 spiro atoms. The van der Waals surface area contributed by atoms with Crippen LogP contribution in [0.15, 0.2) is 28.0 Å². The second kappa shape index (κ2) is 6.42. The van der Waals surface area contributed by atoms with Gasteiger partial charge in [0.15, 0.2) is 0 Å². The number of carbonyl (C=O) groups excluding carboxylic acids is 1. The average molecular weight is 316 g/mol. The van der Waals surface area contributed by atoms with Gasteiger partial charge in [-0.1, -0.05) is 0 Å². The van der Waals surface area contributed by atoms with Gasteiger partial charge >= 0.3 is 5.69 Å². The smallest absolute Gasteiger partial charge is 0.326 e. The van der Waals surface area contributed by atoms with Crippen LogP contribution in [0.3, 0.4) is 0 Å². The molecule has 1 aliphatic heterocycles. The van der Waals surface area contributed by atoms with Gasteiger partial charge in [0.05, 0.1) is 0 Å². The number of carbonyl (C=O) groups is 1. The highest BCUT2D eigenvalue weighted by Crippen LogP contribution is 2.19. The molecule has 2 aromatic heterocycles. The first-order valence-corrected chi connectivity index (χ1v) is 7.34. The van der Waals surface area contributed by atoms with Crippen LogP contribution in [0.5, 0.6) is 0 Å². The van der Waals surface area contributed by atoms with Gasteiger partial charge in [0, 0.05) is 25.2 Å². The maximum Gasteiger partial charge on any atom is 0.326 e. The molecule has 0 radical (unpaired) electrons. The Morgan fingerprint density at radius 1 is 1.09 bits per heavy atom. The monoisotopic (exact) mass is 316 g/mol. The van der Waals surface area contributed by atoms with Crippen LogP contribution in [0.25, 0.3) is 0 Å². The first kappa shape index (κ1) is 14.9. The molecule has 2 aromatic rings. The van der Waals surface area contributed by atoms with Gasteiger partial charge in [0.2, 0.25) is 0 Å². The third-order valence-electron chi connectivity index (χ3n) is 3.58. The van der Waals surface area contributed by atoms with E-state index in [2.05, 4.69) is 25.2 Å². The van der Waals surface area contributed by atoms with Crippen LogP contribution in [0.1, 0.15) is 29.8 Å². The lowest BCUT2D eigenvalue weighted by Crippen LogP contribution is -2.30. The second-order valence-corrected chi connectivity index (χ2v) is 5.26. The maximum atomic E-state index is 12.1.